The summed E-state index contributed by atoms with van der Waals surface area (Å²) in [6.45, 7) is 4.08. The average molecular weight is 147 g/mol. The summed E-state index contributed by atoms with van der Waals surface area (Å²) in [5, 5.41) is 0. The Hall–Kier alpha value is -1.24. The first-order valence-electron chi connectivity index (χ1n) is 3.73. The van der Waals surface area contributed by atoms with E-state index in [1.54, 1.807) is 0 Å². The summed E-state index contributed by atoms with van der Waals surface area (Å²) in [5.74, 6) is 0. The smallest absolute Gasteiger partial charge is 0.0320 e. The van der Waals surface area contributed by atoms with Gasteiger partial charge in [-0.1, -0.05) is 18.2 Å². The van der Waals surface area contributed by atoms with Crippen molar-refractivity contribution in [2.24, 2.45) is 0 Å². The summed E-state index contributed by atoms with van der Waals surface area (Å²) < 4.78 is 0. The summed E-state index contributed by atoms with van der Waals surface area (Å²) in [4.78, 5) is 0. The van der Waals surface area contributed by atoms with Crippen LogP contribution in [0.1, 0.15) is 18.1 Å². The first-order valence-corrected chi connectivity index (χ1v) is 3.73. The summed E-state index contributed by atoms with van der Waals surface area (Å²) >= 11 is 0. The highest BCUT2D eigenvalue weighted by molar-refractivity contribution is 5.58. The normalized spacial score (nSPS) is 10.7. The van der Waals surface area contributed by atoms with Crippen molar-refractivity contribution in [2.75, 3.05) is 5.73 Å². The van der Waals surface area contributed by atoms with E-state index in [0.717, 1.165) is 5.69 Å². The zero-order valence-corrected chi connectivity index (χ0v) is 6.96. The monoisotopic (exact) mass is 147 g/mol. The Morgan fingerprint density at radius 2 is 2.09 bits per heavy atom. The summed E-state index contributed by atoms with van der Waals surface area (Å²) in [7, 11) is 0. The zero-order chi connectivity index (χ0) is 8.27. The van der Waals surface area contributed by atoms with Crippen LogP contribution in [0.2, 0.25) is 0 Å². The summed E-state index contributed by atoms with van der Waals surface area (Å²) in [5.41, 5.74) is 8.91. The van der Waals surface area contributed by atoms with Crippen LogP contribution in [0.15, 0.2) is 24.3 Å². The molecule has 0 radical (unpaired) electrons. The molecule has 0 unspecified atom stereocenters. The molecule has 1 nitrogen and oxygen atoms in total. The molecular weight excluding hydrogens is 134 g/mol. The average Bonchev–Trinajstić information content (AvgIpc) is 1.98. The number of rotatable bonds is 1. The molecule has 0 amide bonds. The second kappa shape index (κ2) is 3.24. The van der Waals surface area contributed by atoms with E-state index in [1.165, 1.54) is 11.1 Å². The first-order chi connectivity index (χ1) is 5.24. The molecule has 1 aromatic rings. The molecule has 0 heterocycles. The number of hydrogen-bond acceptors (Lipinski definition) is 1. The lowest BCUT2D eigenvalue weighted by molar-refractivity contribution is 1.44. The van der Waals surface area contributed by atoms with Crippen LogP contribution in [0, 0.1) is 6.92 Å². The standard InChI is InChI=1S/C10H13N/c1-3-4-9-7-10(11)6-5-8(9)2/h3-7H,11H2,1-2H3. The SMILES string of the molecule is CC=Cc1cc(N)ccc1C. The second-order valence-electron chi connectivity index (χ2n) is 2.62. The number of hydrogen-bond donors (Lipinski definition) is 1. The van der Waals surface area contributed by atoms with E-state index >= 15 is 0 Å². The van der Waals surface area contributed by atoms with Gasteiger partial charge in [-0.05, 0) is 37.1 Å². The molecule has 0 saturated heterocycles. The van der Waals surface area contributed by atoms with Gasteiger partial charge in [0.05, 0.1) is 0 Å². The zero-order valence-electron chi connectivity index (χ0n) is 6.96. The van der Waals surface area contributed by atoms with Gasteiger partial charge in [-0.3, -0.25) is 0 Å². The Kier molecular flexibility index (Phi) is 2.32. The molecule has 0 bridgehead atoms. The maximum atomic E-state index is 5.62. The molecule has 0 atom stereocenters. The first kappa shape index (κ1) is 7.86. The minimum Gasteiger partial charge on any atom is -0.399 e. The highest BCUT2D eigenvalue weighted by Gasteiger charge is 1.92. The predicted molar refractivity (Wildman–Crippen MR) is 50.3 cm³/mol. The van der Waals surface area contributed by atoms with Gasteiger partial charge in [0, 0.05) is 5.69 Å². The highest BCUT2D eigenvalue weighted by atomic mass is 14.5. The van der Waals surface area contributed by atoms with Gasteiger partial charge in [-0.2, -0.15) is 0 Å². The largest absolute Gasteiger partial charge is 0.399 e. The van der Waals surface area contributed by atoms with Gasteiger partial charge in [-0.15, -0.1) is 0 Å². The van der Waals surface area contributed by atoms with Crippen molar-refractivity contribution in [1.82, 2.24) is 0 Å². The van der Waals surface area contributed by atoms with Crippen molar-refractivity contribution in [3.8, 4) is 0 Å². The van der Waals surface area contributed by atoms with Crippen LogP contribution in [0.4, 0.5) is 5.69 Å². The third-order valence-electron chi connectivity index (χ3n) is 1.65. The third kappa shape index (κ3) is 1.84. The van der Waals surface area contributed by atoms with Crippen LogP contribution in [-0.4, -0.2) is 0 Å². The molecule has 1 aromatic carbocycles. The third-order valence-corrected chi connectivity index (χ3v) is 1.65. The quantitative estimate of drug-likeness (QED) is 0.607. The van der Waals surface area contributed by atoms with E-state index in [0.29, 0.717) is 0 Å². The maximum Gasteiger partial charge on any atom is 0.0320 e. The molecular formula is C10H13N. The van der Waals surface area contributed by atoms with Gasteiger partial charge < -0.3 is 5.73 Å². The van der Waals surface area contributed by atoms with Crippen molar-refractivity contribution in [1.29, 1.82) is 0 Å². The van der Waals surface area contributed by atoms with Gasteiger partial charge in [0.25, 0.3) is 0 Å². The van der Waals surface area contributed by atoms with E-state index < -0.39 is 0 Å². The molecule has 1 rings (SSSR count). The van der Waals surface area contributed by atoms with Crippen LogP contribution in [0.3, 0.4) is 0 Å². The van der Waals surface area contributed by atoms with Crippen molar-refractivity contribution in [3.05, 3.63) is 35.4 Å². The number of benzene rings is 1. The van der Waals surface area contributed by atoms with Crippen LogP contribution in [-0.2, 0) is 0 Å². The summed E-state index contributed by atoms with van der Waals surface area (Å²) in [6.07, 6.45) is 4.08. The molecule has 1 heteroatoms. The minimum atomic E-state index is 0.823. The van der Waals surface area contributed by atoms with Crippen molar-refractivity contribution < 1.29 is 0 Å². The number of allylic oxidation sites excluding steroid dienone is 1. The predicted octanol–water partition coefficient (Wildman–Crippen LogP) is 2.61. The molecule has 2 N–H and O–H groups in total. The van der Waals surface area contributed by atoms with E-state index in [4.69, 9.17) is 5.73 Å². The molecule has 0 aliphatic carbocycles. The summed E-state index contributed by atoms with van der Waals surface area (Å²) in [6, 6.07) is 5.93. The lowest BCUT2D eigenvalue weighted by Crippen LogP contribution is -1.87. The molecule has 58 valence electrons. The minimum absolute atomic E-state index is 0.823. The maximum absolute atomic E-state index is 5.62. The van der Waals surface area contributed by atoms with Crippen molar-refractivity contribution in [3.63, 3.8) is 0 Å². The number of nitrogens with two attached hydrogens (primary N) is 1. The van der Waals surface area contributed by atoms with E-state index in [9.17, 15) is 0 Å². The fourth-order valence-electron chi connectivity index (χ4n) is 1.02. The van der Waals surface area contributed by atoms with Crippen LogP contribution in [0.5, 0.6) is 0 Å². The number of nitrogen functional groups attached to an aromatic ring is 1. The van der Waals surface area contributed by atoms with Crippen molar-refractivity contribution in [2.45, 2.75) is 13.8 Å². The fourth-order valence-corrected chi connectivity index (χ4v) is 1.02. The molecule has 0 fully saturated rings. The molecule has 0 saturated carbocycles. The number of anilines is 1. The Bertz CT molecular complexity index is 274. The Morgan fingerprint density at radius 3 is 2.73 bits per heavy atom. The molecule has 0 spiro atoms. The molecule has 0 aliphatic rings. The van der Waals surface area contributed by atoms with Crippen molar-refractivity contribution >= 4 is 11.8 Å². The number of aryl methyl sites for hydroxylation is 1. The molecule has 0 aromatic heterocycles. The van der Waals surface area contributed by atoms with E-state index in [1.807, 2.05) is 31.2 Å². The van der Waals surface area contributed by atoms with Crippen LogP contribution in [0.25, 0.3) is 6.08 Å². The molecule has 11 heavy (non-hydrogen) atoms. The molecule has 0 aliphatic heterocycles. The second-order valence-corrected chi connectivity index (χ2v) is 2.62. The van der Waals surface area contributed by atoms with Gasteiger partial charge in [0.1, 0.15) is 0 Å². The van der Waals surface area contributed by atoms with Gasteiger partial charge in [0.2, 0.25) is 0 Å². The van der Waals surface area contributed by atoms with Crippen LogP contribution >= 0.6 is 0 Å². The van der Waals surface area contributed by atoms with Gasteiger partial charge in [-0.25, -0.2) is 0 Å². The Morgan fingerprint density at radius 1 is 1.36 bits per heavy atom. The van der Waals surface area contributed by atoms with E-state index in [2.05, 4.69) is 13.0 Å². The van der Waals surface area contributed by atoms with Crippen LogP contribution < -0.4 is 5.73 Å². The van der Waals surface area contributed by atoms with Gasteiger partial charge in [0.15, 0.2) is 0 Å². The van der Waals surface area contributed by atoms with Gasteiger partial charge >= 0.3 is 0 Å². The van der Waals surface area contributed by atoms with E-state index in [-0.39, 0.29) is 0 Å². The highest BCUT2D eigenvalue weighted by Crippen LogP contribution is 2.13. The fraction of sp³-hybridized carbons (Fsp3) is 0.200. The topological polar surface area (TPSA) is 26.0 Å². The lowest BCUT2D eigenvalue weighted by atomic mass is 10.1. The lowest BCUT2D eigenvalue weighted by Gasteiger charge is -2.00. The Labute approximate surface area is 67.5 Å². The Balaban J connectivity index is 3.12.